The van der Waals surface area contributed by atoms with Gasteiger partial charge in [-0.25, -0.2) is 8.78 Å². The third-order valence-electron chi connectivity index (χ3n) is 3.01. The standard InChI is InChI=1S/C14H20F2N2O/c1-9(6-7-17)14(19)18-10(2)8-11-12(15)4-3-5-13(11)16/h3-5,9-10H,6-8,17H2,1-2H3,(H,18,19). The lowest BCUT2D eigenvalue weighted by Gasteiger charge is -2.17. The molecular weight excluding hydrogens is 250 g/mol. The van der Waals surface area contributed by atoms with E-state index in [1.165, 1.54) is 18.2 Å². The molecule has 0 aromatic heterocycles. The number of amides is 1. The molecule has 1 amide bonds. The minimum Gasteiger partial charge on any atom is -0.353 e. The van der Waals surface area contributed by atoms with Crippen LogP contribution in [-0.2, 0) is 11.2 Å². The van der Waals surface area contributed by atoms with Crippen molar-refractivity contribution < 1.29 is 13.6 Å². The molecule has 1 aromatic rings. The molecule has 0 heterocycles. The van der Waals surface area contributed by atoms with E-state index in [9.17, 15) is 13.6 Å². The van der Waals surface area contributed by atoms with Gasteiger partial charge in [-0.15, -0.1) is 0 Å². The van der Waals surface area contributed by atoms with Gasteiger partial charge in [-0.2, -0.15) is 0 Å². The van der Waals surface area contributed by atoms with Gasteiger partial charge in [0.05, 0.1) is 0 Å². The van der Waals surface area contributed by atoms with Crippen LogP contribution >= 0.6 is 0 Å². The first kappa shape index (κ1) is 15.6. The maximum absolute atomic E-state index is 13.5. The highest BCUT2D eigenvalue weighted by Crippen LogP contribution is 2.14. The van der Waals surface area contributed by atoms with Crippen LogP contribution in [0, 0.1) is 17.6 Å². The molecule has 0 aliphatic heterocycles. The van der Waals surface area contributed by atoms with Crippen molar-refractivity contribution in [1.29, 1.82) is 0 Å². The highest BCUT2D eigenvalue weighted by atomic mass is 19.1. The van der Waals surface area contributed by atoms with Gasteiger partial charge in [-0.05, 0) is 38.4 Å². The number of halogens is 2. The number of nitrogens with one attached hydrogen (secondary N) is 1. The van der Waals surface area contributed by atoms with Gasteiger partial charge in [0.1, 0.15) is 11.6 Å². The molecule has 0 fully saturated rings. The number of hydrogen-bond acceptors (Lipinski definition) is 2. The highest BCUT2D eigenvalue weighted by Gasteiger charge is 2.17. The van der Waals surface area contributed by atoms with Gasteiger partial charge in [0, 0.05) is 17.5 Å². The lowest BCUT2D eigenvalue weighted by molar-refractivity contribution is -0.125. The summed E-state index contributed by atoms with van der Waals surface area (Å²) in [6, 6.07) is 3.41. The largest absolute Gasteiger partial charge is 0.353 e. The molecule has 5 heteroatoms. The van der Waals surface area contributed by atoms with Crippen LogP contribution in [0.4, 0.5) is 8.78 Å². The first-order valence-electron chi connectivity index (χ1n) is 6.39. The Hall–Kier alpha value is -1.49. The van der Waals surface area contributed by atoms with Crippen molar-refractivity contribution in [3.8, 4) is 0 Å². The minimum absolute atomic E-state index is 0.00165. The number of carbonyl (C=O) groups excluding carboxylic acids is 1. The molecule has 0 aliphatic rings. The van der Waals surface area contributed by atoms with Gasteiger partial charge < -0.3 is 11.1 Å². The van der Waals surface area contributed by atoms with E-state index >= 15 is 0 Å². The van der Waals surface area contributed by atoms with Crippen LogP contribution in [0.3, 0.4) is 0 Å². The van der Waals surface area contributed by atoms with E-state index in [-0.39, 0.29) is 29.9 Å². The Morgan fingerprint density at radius 1 is 1.32 bits per heavy atom. The number of rotatable bonds is 6. The first-order chi connectivity index (χ1) is 8.95. The fourth-order valence-corrected chi connectivity index (χ4v) is 1.85. The monoisotopic (exact) mass is 270 g/mol. The average Bonchev–Trinajstić information content (AvgIpc) is 2.34. The Balaban J connectivity index is 2.60. The summed E-state index contributed by atoms with van der Waals surface area (Å²) in [5.41, 5.74) is 5.38. The third kappa shape index (κ3) is 4.59. The zero-order valence-electron chi connectivity index (χ0n) is 11.2. The summed E-state index contributed by atoms with van der Waals surface area (Å²) < 4.78 is 26.9. The predicted molar refractivity (Wildman–Crippen MR) is 70.5 cm³/mol. The molecule has 2 atom stereocenters. The molecule has 0 saturated heterocycles. The first-order valence-corrected chi connectivity index (χ1v) is 6.39. The van der Waals surface area contributed by atoms with Gasteiger partial charge in [0.15, 0.2) is 0 Å². The van der Waals surface area contributed by atoms with Crippen LogP contribution in [-0.4, -0.2) is 18.5 Å². The van der Waals surface area contributed by atoms with E-state index in [1.54, 1.807) is 13.8 Å². The molecule has 2 unspecified atom stereocenters. The normalized spacial score (nSPS) is 13.9. The van der Waals surface area contributed by atoms with E-state index in [2.05, 4.69) is 5.32 Å². The van der Waals surface area contributed by atoms with Gasteiger partial charge in [-0.1, -0.05) is 13.0 Å². The topological polar surface area (TPSA) is 55.1 Å². The Morgan fingerprint density at radius 2 is 1.89 bits per heavy atom. The van der Waals surface area contributed by atoms with Crippen molar-refractivity contribution in [3.05, 3.63) is 35.4 Å². The zero-order chi connectivity index (χ0) is 14.4. The quantitative estimate of drug-likeness (QED) is 0.830. The second kappa shape index (κ2) is 7.19. The summed E-state index contributed by atoms with van der Waals surface area (Å²) >= 11 is 0. The van der Waals surface area contributed by atoms with Crippen molar-refractivity contribution in [2.75, 3.05) is 6.54 Å². The summed E-state index contributed by atoms with van der Waals surface area (Å²) in [5, 5.41) is 2.74. The fraction of sp³-hybridized carbons (Fsp3) is 0.500. The molecule has 0 spiro atoms. The van der Waals surface area contributed by atoms with E-state index in [0.717, 1.165) is 0 Å². The van der Waals surface area contributed by atoms with Gasteiger partial charge >= 0.3 is 0 Å². The van der Waals surface area contributed by atoms with E-state index in [4.69, 9.17) is 5.73 Å². The second-order valence-electron chi connectivity index (χ2n) is 4.79. The molecule has 106 valence electrons. The Labute approximate surface area is 112 Å². The molecule has 0 radical (unpaired) electrons. The van der Waals surface area contributed by atoms with Crippen molar-refractivity contribution in [1.82, 2.24) is 5.32 Å². The number of benzene rings is 1. The molecular formula is C14H20F2N2O. The molecule has 3 N–H and O–H groups in total. The predicted octanol–water partition coefficient (Wildman–Crippen LogP) is 2.00. The average molecular weight is 270 g/mol. The Morgan fingerprint density at radius 3 is 2.42 bits per heavy atom. The van der Waals surface area contributed by atoms with E-state index in [1.807, 2.05) is 0 Å². The van der Waals surface area contributed by atoms with Gasteiger partial charge in [0.2, 0.25) is 5.91 Å². The third-order valence-corrected chi connectivity index (χ3v) is 3.01. The van der Waals surface area contributed by atoms with Crippen molar-refractivity contribution >= 4 is 5.91 Å². The smallest absolute Gasteiger partial charge is 0.223 e. The van der Waals surface area contributed by atoms with Crippen LogP contribution in [0.1, 0.15) is 25.8 Å². The summed E-state index contributed by atoms with van der Waals surface area (Å²) in [6.07, 6.45) is 0.714. The summed E-state index contributed by atoms with van der Waals surface area (Å²) in [4.78, 5) is 11.7. The van der Waals surface area contributed by atoms with E-state index in [0.29, 0.717) is 13.0 Å². The van der Waals surface area contributed by atoms with Gasteiger partial charge in [0.25, 0.3) is 0 Å². The van der Waals surface area contributed by atoms with Crippen molar-refractivity contribution in [2.24, 2.45) is 11.7 Å². The summed E-state index contributed by atoms with van der Waals surface area (Å²) in [6.45, 7) is 3.93. The molecule has 1 rings (SSSR count). The van der Waals surface area contributed by atoms with Crippen molar-refractivity contribution in [3.63, 3.8) is 0 Å². The summed E-state index contributed by atoms with van der Waals surface area (Å²) in [5.74, 6) is -1.51. The van der Waals surface area contributed by atoms with Crippen LogP contribution in [0.25, 0.3) is 0 Å². The number of hydrogen-bond donors (Lipinski definition) is 2. The molecule has 0 aliphatic carbocycles. The van der Waals surface area contributed by atoms with Crippen LogP contribution < -0.4 is 11.1 Å². The van der Waals surface area contributed by atoms with Crippen LogP contribution in [0.2, 0.25) is 0 Å². The lowest BCUT2D eigenvalue weighted by Crippen LogP contribution is -2.38. The molecule has 0 saturated carbocycles. The lowest BCUT2D eigenvalue weighted by atomic mass is 10.0. The maximum Gasteiger partial charge on any atom is 0.223 e. The maximum atomic E-state index is 13.5. The molecule has 1 aromatic carbocycles. The second-order valence-corrected chi connectivity index (χ2v) is 4.79. The van der Waals surface area contributed by atoms with Gasteiger partial charge in [-0.3, -0.25) is 4.79 Å². The molecule has 3 nitrogen and oxygen atoms in total. The molecule has 0 bridgehead atoms. The zero-order valence-corrected chi connectivity index (χ0v) is 11.2. The highest BCUT2D eigenvalue weighted by molar-refractivity contribution is 5.78. The number of carbonyl (C=O) groups is 1. The number of nitrogens with two attached hydrogens (primary N) is 1. The Bertz CT molecular complexity index is 417. The minimum atomic E-state index is -0.587. The van der Waals surface area contributed by atoms with Crippen LogP contribution in [0.15, 0.2) is 18.2 Å². The molecule has 19 heavy (non-hydrogen) atoms. The Kier molecular flexibility index (Phi) is 5.89. The fourth-order valence-electron chi connectivity index (χ4n) is 1.85. The van der Waals surface area contributed by atoms with Crippen molar-refractivity contribution in [2.45, 2.75) is 32.7 Å². The van der Waals surface area contributed by atoms with Crippen LogP contribution in [0.5, 0.6) is 0 Å². The van der Waals surface area contributed by atoms with E-state index < -0.39 is 11.6 Å². The summed E-state index contributed by atoms with van der Waals surface area (Å²) in [7, 11) is 0. The SMILES string of the molecule is CC(Cc1c(F)cccc1F)NC(=O)C(C)CCN.